The number of hydrogen-bond acceptors (Lipinski definition) is 3. The molecule has 27 heavy (non-hydrogen) atoms. The minimum Gasteiger partial charge on any atom is -0.299 e. The van der Waals surface area contributed by atoms with Crippen molar-refractivity contribution in [2.75, 3.05) is 0 Å². The molecule has 2 aromatic rings. The molecule has 3 rings (SSSR count). The molecule has 0 bridgehead atoms. The third-order valence-electron chi connectivity index (χ3n) is 4.46. The van der Waals surface area contributed by atoms with Gasteiger partial charge in [-0.05, 0) is 38.8 Å². The van der Waals surface area contributed by atoms with Crippen LogP contribution in [0.25, 0.3) is 11.3 Å². The number of allylic oxidation sites excluding steroid dienone is 1. The van der Waals surface area contributed by atoms with Crippen LogP contribution in [0.5, 0.6) is 0 Å². The molecule has 3 heteroatoms. The number of nitrogens with zero attached hydrogens (tertiary/aromatic N) is 1. The van der Waals surface area contributed by atoms with Crippen LogP contribution in [0.1, 0.15) is 56.4 Å². The van der Waals surface area contributed by atoms with Crippen LogP contribution in [-0.2, 0) is 4.79 Å². The van der Waals surface area contributed by atoms with Crippen molar-refractivity contribution in [3.8, 4) is 0 Å². The highest BCUT2D eigenvalue weighted by Gasteiger charge is 2.23. The molecular formula is C24H29NOS. The van der Waals surface area contributed by atoms with E-state index in [1.54, 1.807) is 18.7 Å². The van der Waals surface area contributed by atoms with Crippen LogP contribution in [0.4, 0.5) is 0 Å². The Morgan fingerprint density at radius 3 is 1.89 bits per heavy atom. The molecule has 1 heterocycles. The fourth-order valence-corrected chi connectivity index (χ4v) is 3.71. The lowest BCUT2D eigenvalue weighted by Gasteiger charge is -2.08. The summed E-state index contributed by atoms with van der Waals surface area (Å²) in [5, 5.41) is 0.962. The van der Waals surface area contributed by atoms with Crippen molar-refractivity contribution >= 4 is 33.9 Å². The standard InChI is InChI=1S/C22H23NOS.C2H6/c1-14-5-9-18(10-6-14)20-13-21(25-17(4)16(3)24)23-22(20)19-11-7-15(2)8-12-19;1-2/h5-12,17H,13H2,1-4H3;1-2H3. The Bertz CT molecular complexity index is 845. The number of aliphatic imine (C=N–C) groups is 1. The Morgan fingerprint density at radius 2 is 1.41 bits per heavy atom. The first-order chi connectivity index (χ1) is 12.9. The monoisotopic (exact) mass is 379 g/mol. The molecule has 142 valence electrons. The minimum atomic E-state index is -0.0598. The molecule has 0 saturated carbocycles. The fraction of sp³-hybridized carbons (Fsp3) is 0.333. The number of Topliss-reactive ketones (excluding diaryl/α,β-unsaturated/α-hetero) is 1. The molecule has 0 amide bonds. The molecule has 2 nitrogen and oxygen atoms in total. The predicted molar refractivity (Wildman–Crippen MR) is 120 cm³/mol. The van der Waals surface area contributed by atoms with Crippen molar-refractivity contribution in [1.29, 1.82) is 0 Å². The van der Waals surface area contributed by atoms with Gasteiger partial charge in [-0.1, -0.05) is 85.3 Å². The molecule has 0 radical (unpaired) electrons. The van der Waals surface area contributed by atoms with Crippen LogP contribution in [-0.4, -0.2) is 16.1 Å². The zero-order valence-corrected chi connectivity index (χ0v) is 18.0. The molecule has 1 unspecified atom stereocenters. The first-order valence-corrected chi connectivity index (χ1v) is 10.4. The first kappa shape index (κ1) is 21.2. The van der Waals surface area contributed by atoms with E-state index in [-0.39, 0.29) is 11.0 Å². The van der Waals surface area contributed by atoms with Gasteiger partial charge in [0, 0.05) is 12.0 Å². The number of aryl methyl sites for hydroxylation is 2. The van der Waals surface area contributed by atoms with Gasteiger partial charge in [-0.3, -0.25) is 4.79 Å². The smallest absolute Gasteiger partial charge is 0.142 e. The summed E-state index contributed by atoms with van der Waals surface area (Å²) in [4.78, 5) is 16.5. The zero-order chi connectivity index (χ0) is 20.0. The molecule has 1 aliphatic heterocycles. The highest BCUT2D eigenvalue weighted by Crippen LogP contribution is 2.39. The number of ketones is 1. The lowest BCUT2D eigenvalue weighted by atomic mass is 9.98. The van der Waals surface area contributed by atoms with E-state index in [1.165, 1.54) is 22.3 Å². The number of rotatable bonds is 4. The first-order valence-electron chi connectivity index (χ1n) is 9.56. The topological polar surface area (TPSA) is 29.4 Å². The second-order valence-corrected chi connectivity index (χ2v) is 8.03. The summed E-state index contributed by atoms with van der Waals surface area (Å²) in [6.07, 6.45) is 0.786. The lowest BCUT2D eigenvalue weighted by molar-refractivity contribution is -0.116. The molecule has 0 fully saturated rings. The lowest BCUT2D eigenvalue weighted by Crippen LogP contribution is -2.10. The summed E-state index contributed by atoms with van der Waals surface area (Å²) in [7, 11) is 0. The molecule has 0 saturated heterocycles. The van der Waals surface area contributed by atoms with Gasteiger partial charge in [-0.2, -0.15) is 0 Å². The Balaban J connectivity index is 0.00000126. The van der Waals surface area contributed by atoms with E-state index in [2.05, 4.69) is 62.4 Å². The number of carbonyl (C=O) groups excluding carboxylic acids is 1. The van der Waals surface area contributed by atoms with E-state index in [0.717, 1.165) is 22.7 Å². The number of carbonyl (C=O) groups is 1. The van der Waals surface area contributed by atoms with Gasteiger partial charge in [0.05, 0.1) is 16.0 Å². The summed E-state index contributed by atoms with van der Waals surface area (Å²) in [6.45, 7) is 11.8. The Hall–Kier alpha value is -2.13. The normalized spacial score (nSPS) is 14.4. The van der Waals surface area contributed by atoms with Crippen molar-refractivity contribution < 1.29 is 4.79 Å². The van der Waals surface area contributed by atoms with E-state index in [1.807, 2.05) is 20.8 Å². The molecular weight excluding hydrogens is 350 g/mol. The molecule has 1 atom stereocenters. The number of benzene rings is 2. The van der Waals surface area contributed by atoms with E-state index in [9.17, 15) is 4.79 Å². The number of hydrogen-bond donors (Lipinski definition) is 0. The van der Waals surface area contributed by atoms with Gasteiger partial charge in [0.15, 0.2) is 0 Å². The van der Waals surface area contributed by atoms with Gasteiger partial charge in [-0.15, -0.1) is 0 Å². The summed E-state index contributed by atoms with van der Waals surface area (Å²) in [5.41, 5.74) is 7.09. The average Bonchev–Trinajstić information content (AvgIpc) is 3.08. The molecule has 0 aliphatic carbocycles. The molecule has 1 aliphatic rings. The van der Waals surface area contributed by atoms with E-state index in [4.69, 9.17) is 4.99 Å². The summed E-state index contributed by atoms with van der Waals surface area (Å²) < 4.78 is 0. The van der Waals surface area contributed by atoms with Crippen LogP contribution in [0.3, 0.4) is 0 Å². The van der Waals surface area contributed by atoms with Crippen molar-refractivity contribution in [2.24, 2.45) is 4.99 Å². The van der Waals surface area contributed by atoms with E-state index in [0.29, 0.717) is 0 Å². The van der Waals surface area contributed by atoms with Crippen molar-refractivity contribution in [3.05, 3.63) is 70.8 Å². The van der Waals surface area contributed by atoms with Gasteiger partial charge < -0.3 is 0 Å². The maximum atomic E-state index is 11.6. The SMILES string of the molecule is CC.CC(=O)C(C)SC1=NC(c2ccc(C)cc2)=C(c2ccc(C)cc2)C1. The van der Waals surface area contributed by atoms with Crippen LogP contribution < -0.4 is 0 Å². The van der Waals surface area contributed by atoms with Crippen molar-refractivity contribution in [1.82, 2.24) is 0 Å². The third-order valence-corrected chi connectivity index (χ3v) is 5.65. The van der Waals surface area contributed by atoms with Crippen molar-refractivity contribution in [3.63, 3.8) is 0 Å². The van der Waals surface area contributed by atoms with Gasteiger partial charge in [0.25, 0.3) is 0 Å². The van der Waals surface area contributed by atoms with Gasteiger partial charge >= 0.3 is 0 Å². The van der Waals surface area contributed by atoms with Gasteiger partial charge in [-0.25, -0.2) is 4.99 Å². The van der Waals surface area contributed by atoms with Crippen LogP contribution >= 0.6 is 11.8 Å². The van der Waals surface area contributed by atoms with Crippen molar-refractivity contribution in [2.45, 2.75) is 53.2 Å². The Morgan fingerprint density at radius 1 is 0.926 bits per heavy atom. The summed E-state index contributed by atoms with van der Waals surface area (Å²) >= 11 is 1.58. The second kappa shape index (κ2) is 9.70. The largest absolute Gasteiger partial charge is 0.299 e. The fourth-order valence-electron chi connectivity index (χ4n) is 2.77. The Labute approximate surface area is 167 Å². The van der Waals surface area contributed by atoms with Crippen LogP contribution in [0.15, 0.2) is 53.5 Å². The predicted octanol–water partition coefficient (Wildman–Crippen LogP) is 6.71. The molecule has 0 aromatic heterocycles. The van der Waals surface area contributed by atoms with Crippen LogP contribution in [0, 0.1) is 13.8 Å². The highest BCUT2D eigenvalue weighted by atomic mass is 32.2. The average molecular weight is 380 g/mol. The van der Waals surface area contributed by atoms with Gasteiger partial charge in [0.2, 0.25) is 0 Å². The maximum Gasteiger partial charge on any atom is 0.142 e. The van der Waals surface area contributed by atoms with E-state index >= 15 is 0 Å². The maximum absolute atomic E-state index is 11.6. The highest BCUT2D eigenvalue weighted by molar-refractivity contribution is 8.15. The third kappa shape index (κ3) is 5.43. The molecule has 0 N–H and O–H groups in total. The quantitative estimate of drug-likeness (QED) is 0.591. The zero-order valence-electron chi connectivity index (χ0n) is 17.2. The second-order valence-electron chi connectivity index (χ2n) is 6.61. The summed E-state index contributed by atoms with van der Waals surface area (Å²) in [6, 6.07) is 17.1. The molecule has 0 spiro atoms. The Kier molecular flexibility index (Phi) is 7.61. The van der Waals surface area contributed by atoms with Gasteiger partial charge in [0.1, 0.15) is 5.78 Å². The summed E-state index contributed by atoms with van der Waals surface area (Å²) in [5.74, 6) is 0.188. The van der Waals surface area contributed by atoms with Crippen LogP contribution in [0.2, 0.25) is 0 Å². The molecule has 2 aromatic carbocycles. The number of thioether (sulfide) groups is 1. The van der Waals surface area contributed by atoms with E-state index < -0.39 is 0 Å². The minimum absolute atomic E-state index is 0.0598.